The number of benzene rings is 1. The Balaban J connectivity index is 2.06. The summed E-state index contributed by atoms with van der Waals surface area (Å²) in [5, 5.41) is 2.45. The van der Waals surface area contributed by atoms with Gasteiger partial charge in [0.15, 0.2) is 5.82 Å². The number of aromatic nitrogens is 1. The highest BCUT2D eigenvalue weighted by atomic mass is 35.5. The Morgan fingerprint density at radius 2 is 2.08 bits per heavy atom. The fourth-order valence-corrected chi connectivity index (χ4v) is 5.00. The lowest BCUT2D eigenvalue weighted by molar-refractivity contribution is 0.271. The van der Waals surface area contributed by atoms with E-state index in [-0.39, 0.29) is 16.5 Å². The maximum Gasteiger partial charge on any atom is 0.245 e. The van der Waals surface area contributed by atoms with Gasteiger partial charge in [0, 0.05) is 32.0 Å². The first-order chi connectivity index (χ1) is 11.4. The quantitative estimate of drug-likeness (QED) is 0.819. The topological polar surface area (TPSA) is 62.3 Å². The van der Waals surface area contributed by atoms with E-state index in [4.69, 9.17) is 23.2 Å². The molecule has 24 heavy (non-hydrogen) atoms. The summed E-state index contributed by atoms with van der Waals surface area (Å²) in [5.74, 6) is -0.938. The fourth-order valence-electron chi connectivity index (χ4n) is 2.66. The average molecular weight is 390 g/mol. The third-order valence-corrected chi connectivity index (χ3v) is 6.57. The van der Waals surface area contributed by atoms with Crippen LogP contribution in [0.4, 0.5) is 4.39 Å². The zero-order valence-electron chi connectivity index (χ0n) is 12.4. The summed E-state index contributed by atoms with van der Waals surface area (Å²) in [6, 6.07) is 5.51. The molecule has 1 atom stereocenters. The molecule has 0 bridgehead atoms. The summed E-state index contributed by atoms with van der Waals surface area (Å²) >= 11 is 11.6. The molecule has 1 saturated heterocycles. The third-order valence-electron chi connectivity index (χ3n) is 3.85. The first-order valence-electron chi connectivity index (χ1n) is 7.19. The Bertz CT molecular complexity index is 849. The van der Waals surface area contributed by atoms with E-state index in [0.717, 1.165) is 5.56 Å². The number of halogens is 3. The van der Waals surface area contributed by atoms with E-state index in [1.165, 1.54) is 16.4 Å². The molecule has 0 amide bonds. The molecule has 1 aliphatic heterocycles. The normalized spacial score (nSPS) is 19.4. The second kappa shape index (κ2) is 6.93. The smallest absolute Gasteiger partial charge is 0.245 e. The van der Waals surface area contributed by atoms with Crippen LogP contribution < -0.4 is 5.32 Å². The minimum absolute atomic E-state index is 0.219. The van der Waals surface area contributed by atoms with E-state index in [9.17, 15) is 12.8 Å². The van der Waals surface area contributed by atoms with E-state index in [1.54, 1.807) is 24.5 Å². The Kier molecular flexibility index (Phi) is 5.08. The summed E-state index contributed by atoms with van der Waals surface area (Å²) in [6.07, 6.45) is 3.23. The van der Waals surface area contributed by atoms with Gasteiger partial charge in [0.1, 0.15) is 4.90 Å². The number of hydrogen-bond donors (Lipinski definition) is 1. The minimum Gasteiger partial charge on any atom is -0.313 e. The van der Waals surface area contributed by atoms with Crippen molar-refractivity contribution in [3.05, 3.63) is 58.1 Å². The van der Waals surface area contributed by atoms with Crippen molar-refractivity contribution in [1.29, 1.82) is 0 Å². The molecular weight excluding hydrogens is 376 g/mol. The molecule has 3 rings (SSSR count). The number of nitrogens with zero attached hydrogens (tertiary/aromatic N) is 2. The van der Waals surface area contributed by atoms with Gasteiger partial charge in [-0.3, -0.25) is 4.98 Å². The first-order valence-corrected chi connectivity index (χ1v) is 9.38. The highest BCUT2D eigenvalue weighted by molar-refractivity contribution is 7.89. The van der Waals surface area contributed by atoms with Crippen molar-refractivity contribution < 1.29 is 12.8 Å². The lowest BCUT2D eigenvalue weighted by Gasteiger charge is -2.35. The molecule has 0 spiro atoms. The zero-order chi connectivity index (χ0) is 17.3. The Labute approximate surface area is 149 Å². The SMILES string of the molecule is O=S(=O)(c1ccc(Cl)c(F)c1Cl)N1CCNCC1c1cccnc1. The van der Waals surface area contributed by atoms with Gasteiger partial charge >= 0.3 is 0 Å². The molecule has 5 nitrogen and oxygen atoms in total. The van der Waals surface area contributed by atoms with Gasteiger partial charge in [-0.2, -0.15) is 4.31 Å². The second-order valence-electron chi connectivity index (χ2n) is 5.30. The van der Waals surface area contributed by atoms with Crippen LogP contribution >= 0.6 is 23.2 Å². The average Bonchev–Trinajstić information content (AvgIpc) is 2.60. The molecule has 2 heterocycles. The van der Waals surface area contributed by atoms with Gasteiger partial charge in [-0.15, -0.1) is 0 Å². The van der Waals surface area contributed by atoms with E-state index in [2.05, 4.69) is 10.3 Å². The molecule has 128 valence electrons. The maximum atomic E-state index is 13.9. The molecule has 1 N–H and O–H groups in total. The predicted octanol–water partition coefficient (Wildman–Crippen LogP) is 2.86. The molecule has 1 aromatic carbocycles. The van der Waals surface area contributed by atoms with Gasteiger partial charge in [-0.05, 0) is 23.8 Å². The predicted molar refractivity (Wildman–Crippen MR) is 90.2 cm³/mol. The lowest BCUT2D eigenvalue weighted by Crippen LogP contribution is -2.48. The van der Waals surface area contributed by atoms with Crippen molar-refractivity contribution >= 4 is 33.2 Å². The van der Waals surface area contributed by atoms with E-state index >= 15 is 0 Å². The van der Waals surface area contributed by atoms with Gasteiger partial charge in [0.25, 0.3) is 0 Å². The number of nitrogens with one attached hydrogen (secondary N) is 1. The van der Waals surface area contributed by atoms with Crippen molar-refractivity contribution in [1.82, 2.24) is 14.6 Å². The maximum absolute atomic E-state index is 13.9. The molecule has 0 radical (unpaired) electrons. The Morgan fingerprint density at radius 3 is 2.79 bits per heavy atom. The van der Waals surface area contributed by atoms with E-state index in [0.29, 0.717) is 13.1 Å². The van der Waals surface area contributed by atoms with E-state index < -0.39 is 26.9 Å². The number of hydrogen-bond acceptors (Lipinski definition) is 4. The number of rotatable bonds is 3. The molecule has 1 aliphatic rings. The Morgan fingerprint density at radius 1 is 1.29 bits per heavy atom. The summed E-state index contributed by atoms with van der Waals surface area (Å²) in [7, 11) is -3.99. The number of pyridine rings is 1. The first kappa shape index (κ1) is 17.6. The molecule has 9 heteroatoms. The zero-order valence-corrected chi connectivity index (χ0v) is 14.7. The third kappa shape index (κ3) is 3.14. The molecule has 1 unspecified atom stereocenters. The van der Waals surface area contributed by atoms with Crippen LogP contribution in [0.25, 0.3) is 0 Å². The van der Waals surface area contributed by atoms with Gasteiger partial charge in [-0.1, -0.05) is 29.3 Å². The summed E-state index contributed by atoms with van der Waals surface area (Å²) in [5.41, 5.74) is 0.749. The van der Waals surface area contributed by atoms with Crippen molar-refractivity contribution in [3.63, 3.8) is 0 Å². The van der Waals surface area contributed by atoms with Gasteiger partial charge in [0.05, 0.1) is 16.1 Å². The van der Waals surface area contributed by atoms with E-state index in [1.807, 2.05) is 0 Å². The fraction of sp³-hybridized carbons (Fsp3) is 0.267. The van der Waals surface area contributed by atoms with Crippen LogP contribution in [0.1, 0.15) is 11.6 Å². The summed E-state index contributed by atoms with van der Waals surface area (Å²) in [4.78, 5) is 3.75. The van der Waals surface area contributed by atoms with Crippen LogP contribution in [0.2, 0.25) is 10.0 Å². The van der Waals surface area contributed by atoms with Crippen LogP contribution in [-0.4, -0.2) is 37.3 Å². The summed E-state index contributed by atoms with van der Waals surface area (Å²) < 4.78 is 41.3. The summed E-state index contributed by atoms with van der Waals surface area (Å²) in [6.45, 7) is 1.16. The minimum atomic E-state index is -3.99. The molecule has 1 aromatic heterocycles. The second-order valence-corrected chi connectivity index (χ2v) is 7.94. The molecule has 0 saturated carbocycles. The van der Waals surface area contributed by atoms with Crippen LogP contribution in [-0.2, 0) is 10.0 Å². The highest BCUT2D eigenvalue weighted by Crippen LogP contribution is 2.34. The molecule has 1 fully saturated rings. The van der Waals surface area contributed by atoms with Crippen molar-refractivity contribution in [2.75, 3.05) is 19.6 Å². The standard InChI is InChI=1S/C15H14Cl2FN3O2S/c16-11-3-4-13(14(17)15(11)18)24(22,23)21-7-6-20-9-12(21)10-2-1-5-19-8-10/h1-5,8,12,20H,6-7,9H2. The van der Waals surface area contributed by atoms with Crippen LogP contribution in [0, 0.1) is 5.82 Å². The van der Waals surface area contributed by atoms with Crippen LogP contribution in [0.15, 0.2) is 41.6 Å². The lowest BCUT2D eigenvalue weighted by atomic mass is 10.1. The van der Waals surface area contributed by atoms with Gasteiger partial charge < -0.3 is 5.32 Å². The van der Waals surface area contributed by atoms with Gasteiger partial charge in [-0.25, -0.2) is 12.8 Å². The molecule has 0 aliphatic carbocycles. The van der Waals surface area contributed by atoms with Crippen molar-refractivity contribution in [2.45, 2.75) is 10.9 Å². The molecule has 2 aromatic rings. The van der Waals surface area contributed by atoms with Crippen molar-refractivity contribution in [2.24, 2.45) is 0 Å². The largest absolute Gasteiger partial charge is 0.313 e. The van der Waals surface area contributed by atoms with Crippen molar-refractivity contribution in [3.8, 4) is 0 Å². The Hall–Kier alpha value is -1.25. The van der Waals surface area contributed by atoms with Crippen LogP contribution in [0.3, 0.4) is 0 Å². The van der Waals surface area contributed by atoms with Gasteiger partial charge in [0.2, 0.25) is 10.0 Å². The monoisotopic (exact) mass is 389 g/mol. The molecular formula is C15H14Cl2FN3O2S. The highest BCUT2D eigenvalue weighted by Gasteiger charge is 2.36. The number of sulfonamides is 1. The number of piperazine rings is 1. The van der Waals surface area contributed by atoms with Crippen LogP contribution in [0.5, 0.6) is 0 Å².